The molecule has 0 amide bonds. The van der Waals surface area contributed by atoms with Crippen molar-refractivity contribution in [1.82, 2.24) is 0 Å². The van der Waals surface area contributed by atoms with E-state index in [1.807, 2.05) is 32.0 Å². The van der Waals surface area contributed by atoms with Crippen molar-refractivity contribution in [1.29, 1.82) is 0 Å². The summed E-state index contributed by atoms with van der Waals surface area (Å²) in [5.74, 6) is -0.403. The highest BCUT2D eigenvalue weighted by Gasteiger charge is 2.43. The fraction of sp³-hybridized carbons (Fsp3) is 0.417. The molecule has 2 N–H and O–H groups in total. The lowest BCUT2D eigenvalue weighted by molar-refractivity contribution is -0.156. The number of esters is 2. The van der Waals surface area contributed by atoms with E-state index in [1.165, 1.54) is 14.2 Å². The Morgan fingerprint density at radius 1 is 1.06 bits per heavy atom. The van der Waals surface area contributed by atoms with Crippen LogP contribution >= 0.6 is 0 Å². The average molecular weight is 427 g/mol. The van der Waals surface area contributed by atoms with Gasteiger partial charge in [-0.3, -0.25) is 0 Å². The molecule has 1 heterocycles. The minimum Gasteiger partial charge on any atom is -0.476 e. The van der Waals surface area contributed by atoms with Crippen LogP contribution in [0.1, 0.15) is 61.3 Å². The summed E-state index contributed by atoms with van der Waals surface area (Å²) in [5.41, 5.74) is 0.910. The van der Waals surface area contributed by atoms with Crippen LogP contribution in [0.5, 0.6) is 5.75 Å². The number of methoxy groups -OCH3 is 2. The van der Waals surface area contributed by atoms with Crippen molar-refractivity contribution < 1.29 is 28.9 Å². The second-order valence-corrected chi connectivity index (χ2v) is 8.77. The fourth-order valence-electron chi connectivity index (χ4n) is 3.92. The molecule has 0 saturated heterocycles. The number of carbonyl (C=O) groups excluding carboxylic acids is 2. The summed E-state index contributed by atoms with van der Waals surface area (Å²) < 4.78 is 15.5. The Balaban J connectivity index is 1.95. The lowest BCUT2D eigenvalue weighted by atomic mass is 9.70. The van der Waals surface area contributed by atoms with Gasteiger partial charge in [-0.15, -0.1) is 0 Å². The largest absolute Gasteiger partial charge is 0.476 e. The third-order valence-corrected chi connectivity index (χ3v) is 5.76. The number of fused-ring (bicyclic) bond motifs is 1. The third kappa shape index (κ3) is 4.23. The highest BCUT2D eigenvalue weighted by molar-refractivity contribution is 5.90. The molecule has 3 rings (SSSR count). The van der Waals surface area contributed by atoms with Gasteiger partial charge < -0.3 is 24.6 Å². The number of hydrogen-bond donors (Lipinski definition) is 2. The van der Waals surface area contributed by atoms with Gasteiger partial charge in [0.05, 0.1) is 31.9 Å². The van der Waals surface area contributed by atoms with E-state index in [9.17, 15) is 14.7 Å². The van der Waals surface area contributed by atoms with Crippen LogP contribution in [0, 0.1) is 5.41 Å². The number of nitrogens with one attached hydrogen (secondary N) is 1. The minimum absolute atomic E-state index is 0.247. The predicted octanol–water partition coefficient (Wildman–Crippen LogP) is 4.03. The molecule has 0 fully saturated rings. The summed E-state index contributed by atoms with van der Waals surface area (Å²) >= 11 is 0. The molecule has 31 heavy (non-hydrogen) atoms. The van der Waals surface area contributed by atoms with Crippen molar-refractivity contribution in [3.05, 3.63) is 59.2 Å². The van der Waals surface area contributed by atoms with Crippen LogP contribution in [0.25, 0.3) is 0 Å². The predicted molar refractivity (Wildman–Crippen MR) is 116 cm³/mol. The Morgan fingerprint density at radius 3 is 2.42 bits per heavy atom. The highest BCUT2D eigenvalue weighted by Crippen LogP contribution is 2.51. The lowest BCUT2D eigenvalue weighted by Crippen LogP contribution is -2.40. The number of anilines is 1. The van der Waals surface area contributed by atoms with Gasteiger partial charge in [0.1, 0.15) is 5.75 Å². The number of benzene rings is 2. The van der Waals surface area contributed by atoms with Crippen molar-refractivity contribution in [3.63, 3.8) is 0 Å². The zero-order valence-electron chi connectivity index (χ0n) is 18.7. The molecule has 0 aliphatic carbocycles. The van der Waals surface area contributed by atoms with Crippen LogP contribution in [0.4, 0.5) is 5.69 Å². The number of aliphatic hydroxyl groups is 1. The topological polar surface area (TPSA) is 94.1 Å². The first-order valence-electron chi connectivity index (χ1n) is 10.1. The van der Waals surface area contributed by atoms with Gasteiger partial charge in [0.2, 0.25) is 0 Å². The standard InChI is InChI=1S/C24H29NO6/c1-23(2)19(14-8-7-9-16(12-14)31-24(3,4)22(28)30-6)25-18-11-10-15(21(27)29-5)13-17(18)20(23)26/h7-13,19-20,25-26H,1-6H3. The van der Waals surface area contributed by atoms with Crippen LogP contribution in [0.3, 0.4) is 0 Å². The van der Waals surface area contributed by atoms with E-state index in [1.54, 1.807) is 38.1 Å². The number of aliphatic hydroxyl groups excluding tert-OH is 1. The maximum atomic E-state index is 12.0. The first kappa shape index (κ1) is 22.6. The SMILES string of the molecule is COC(=O)c1ccc2c(c1)C(O)C(C)(C)C(c1cccc(OC(C)(C)C(=O)OC)c1)N2. The van der Waals surface area contributed by atoms with Crippen LogP contribution in [-0.2, 0) is 14.3 Å². The second kappa shape index (κ2) is 8.23. The van der Waals surface area contributed by atoms with Crippen molar-refractivity contribution in [2.45, 2.75) is 45.4 Å². The summed E-state index contributed by atoms with van der Waals surface area (Å²) in [6.45, 7) is 7.20. The molecule has 166 valence electrons. The van der Waals surface area contributed by atoms with Gasteiger partial charge in [-0.1, -0.05) is 26.0 Å². The van der Waals surface area contributed by atoms with Gasteiger partial charge in [0.25, 0.3) is 0 Å². The summed E-state index contributed by atoms with van der Waals surface area (Å²) in [6.07, 6.45) is -0.825. The number of hydrogen-bond acceptors (Lipinski definition) is 7. The van der Waals surface area contributed by atoms with Crippen LogP contribution < -0.4 is 10.1 Å². The molecule has 2 atom stereocenters. The zero-order valence-corrected chi connectivity index (χ0v) is 18.7. The van der Waals surface area contributed by atoms with Crippen LogP contribution in [0.2, 0.25) is 0 Å². The molecule has 7 nitrogen and oxygen atoms in total. The smallest absolute Gasteiger partial charge is 0.349 e. The number of ether oxygens (including phenoxy) is 3. The first-order valence-corrected chi connectivity index (χ1v) is 10.1. The maximum absolute atomic E-state index is 12.0. The van der Waals surface area contributed by atoms with Gasteiger partial charge >= 0.3 is 11.9 Å². The summed E-state index contributed by atoms with van der Waals surface area (Å²) in [6, 6.07) is 12.3. The van der Waals surface area contributed by atoms with Gasteiger partial charge in [-0.2, -0.15) is 0 Å². The summed E-state index contributed by atoms with van der Waals surface area (Å²) in [4.78, 5) is 23.9. The Kier molecular flexibility index (Phi) is 6.00. The average Bonchev–Trinajstić information content (AvgIpc) is 2.74. The molecule has 7 heteroatoms. The number of rotatable bonds is 5. The molecule has 0 spiro atoms. The molecule has 1 aliphatic heterocycles. The molecule has 0 radical (unpaired) electrons. The van der Waals surface area contributed by atoms with Gasteiger partial charge in [0.15, 0.2) is 5.60 Å². The molecule has 0 bridgehead atoms. The van der Waals surface area contributed by atoms with E-state index in [0.29, 0.717) is 16.9 Å². The van der Waals surface area contributed by atoms with E-state index in [2.05, 4.69) is 5.32 Å². The second-order valence-electron chi connectivity index (χ2n) is 8.77. The summed E-state index contributed by atoms with van der Waals surface area (Å²) in [5, 5.41) is 14.7. The Labute approximate surface area is 182 Å². The molecular weight excluding hydrogens is 398 g/mol. The highest BCUT2D eigenvalue weighted by atomic mass is 16.6. The zero-order chi connectivity index (χ0) is 23.0. The van der Waals surface area contributed by atoms with E-state index in [-0.39, 0.29) is 6.04 Å². The molecule has 2 aromatic rings. The minimum atomic E-state index is -1.14. The van der Waals surface area contributed by atoms with E-state index < -0.39 is 29.1 Å². The molecular formula is C24H29NO6. The first-order chi connectivity index (χ1) is 14.5. The third-order valence-electron chi connectivity index (χ3n) is 5.76. The van der Waals surface area contributed by atoms with Crippen molar-refractivity contribution in [2.75, 3.05) is 19.5 Å². The molecule has 2 unspecified atom stereocenters. The maximum Gasteiger partial charge on any atom is 0.349 e. The van der Waals surface area contributed by atoms with E-state index >= 15 is 0 Å². The lowest BCUT2D eigenvalue weighted by Gasteiger charge is -2.45. The molecule has 2 aromatic carbocycles. The quantitative estimate of drug-likeness (QED) is 0.696. The van der Waals surface area contributed by atoms with Gasteiger partial charge in [-0.05, 0) is 49.7 Å². The van der Waals surface area contributed by atoms with Crippen LogP contribution in [-0.4, -0.2) is 36.9 Å². The number of carbonyl (C=O) groups is 2. The van der Waals surface area contributed by atoms with Crippen molar-refractivity contribution in [2.24, 2.45) is 5.41 Å². The Bertz CT molecular complexity index is 997. The van der Waals surface area contributed by atoms with Crippen LogP contribution in [0.15, 0.2) is 42.5 Å². The fourth-order valence-corrected chi connectivity index (χ4v) is 3.92. The van der Waals surface area contributed by atoms with Gasteiger partial charge in [0, 0.05) is 16.7 Å². The van der Waals surface area contributed by atoms with Crippen molar-refractivity contribution in [3.8, 4) is 5.75 Å². The van der Waals surface area contributed by atoms with E-state index in [0.717, 1.165) is 11.3 Å². The van der Waals surface area contributed by atoms with E-state index in [4.69, 9.17) is 14.2 Å². The van der Waals surface area contributed by atoms with Gasteiger partial charge in [-0.25, -0.2) is 9.59 Å². The Morgan fingerprint density at radius 2 is 1.77 bits per heavy atom. The normalized spacial score (nSPS) is 19.6. The molecule has 1 aliphatic rings. The van der Waals surface area contributed by atoms with Crippen molar-refractivity contribution >= 4 is 17.6 Å². The monoisotopic (exact) mass is 427 g/mol. The molecule has 0 saturated carbocycles. The Hall–Kier alpha value is -3.06. The molecule has 0 aromatic heterocycles. The summed E-state index contributed by atoms with van der Waals surface area (Å²) in [7, 11) is 2.65.